The minimum absolute atomic E-state index is 0.185. The minimum atomic E-state index is -0.882. The molecule has 2 unspecified atom stereocenters. The van der Waals surface area contributed by atoms with Gasteiger partial charge in [-0.1, -0.05) is 0 Å². The van der Waals surface area contributed by atoms with Gasteiger partial charge >= 0.3 is 0 Å². The molecule has 150 valence electrons. The fraction of sp³-hybridized carbons (Fsp3) is 0.350. The zero-order valence-corrected chi connectivity index (χ0v) is 16.2. The number of H-pyrrole nitrogens is 1. The number of fused-ring (bicyclic) bond motifs is 2. The number of hydrogen-bond donors (Lipinski definition) is 4. The topological polar surface area (TPSA) is 104 Å². The molecular weight excluding hydrogens is 373 g/mol. The van der Waals surface area contributed by atoms with Crippen molar-refractivity contribution in [2.45, 2.75) is 25.1 Å². The summed E-state index contributed by atoms with van der Waals surface area (Å²) in [6.45, 7) is 3.79. The molecule has 0 saturated carbocycles. The number of benzene rings is 1. The molecule has 5 rings (SSSR count). The standard InChI is InChI=1S/C20H22FN7O/c1-20(5-6-22-10-20)26-19(29)13-8-23-18-17(13)25-14(9-24-18)16-12-4-3-11(21)7-15(12)28(2)27-16/h3-4,7-9,19,22,26,29H,5-6,10H2,1-2H3,(H,23,24). The highest BCUT2D eigenvalue weighted by atomic mass is 19.1. The first-order valence-electron chi connectivity index (χ1n) is 9.57. The van der Waals surface area contributed by atoms with Gasteiger partial charge in [0.05, 0.1) is 11.7 Å². The second-order valence-electron chi connectivity index (χ2n) is 7.86. The average Bonchev–Trinajstić information content (AvgIpc) is 3.39. The monoisotopic (exact) mass is 395 g/mol. The molecule has 29 heavy (non-hydrogen) atoms. The zero-order valence-electron chi connectivity index (χ0n) is 16.2. The molecule has 1 saturated heterocycles. The minimum Gasteiger partial charge on any atom is -0.374 e. The SMILES string of the molecule is Cn1nc(-c2cnc3[nH]cc(C(O)NC4(C)CCNC4)c3n2)c2ccc(F)cc21. The lowest BCUT2D eigenvalue weighted by Gasteiger charge is -2.27. The summed E-state index contributed by atoms with van der Waals surface area (Å²) in [7, 11) is 1.77. The van der Waals surface area contributed by atoms with Crippen LogP contribution in [0.5, 0.6) is 0 Å². The Morgan fingerprint density at radius 1 is 1.38 bits per heavy atom. The fourth-order valence-corrected chi connectivity index (χ4v) is 4.00. The number of aromatic amines is 1. The molecule has 1 aliphatic heterocycles. The highest BCUT2D eigenvalue weighted by molar-refractivity contribution is 5.93. The van der Waals surface area contributed by atoms with Gasteiger partial charge in [-0.15, -0.1) is 0 Å². The number of aliphatic hydroxyl groups is 1. The van der Waals surface area contributed by atoms with Crippen molar-refractivity contribution in [3.63, 3.8) is 0 Å². The molecule has 0 aliphatic carbocycles. The Bertz CT molecular complexity index is 1210. The highest BCUT2D eigenvalue weighted by Crippen LogP contribution is 2.29. The summed E-state index contributed by atoms with van der Waals surface area (Å²) >= 11 is 0. The second-order valence-corrected chi connectivity index (χ2v) is 7.86. The fourth-order valence-electron chi connectivity index (χ4n) is 4.00. The molecule has 4 aromatic rings. The number of aryl methyl sites for hydroxylation is 1. The molecule has 4 N–H and O–H groups in total. The van der Waals surface area contributed by atoms with E-state index in [0.717, 1.165) is 24.9 Å². The molecule has 4 heterocycles. The van der Waals surface area contributed by atoms with Gasteiger partial charge in [0.15, 0.2) is 5.65 Å². The van der Waals surface area contributed by atoms with Crippen LogP contribution in [0.2, 0.25) is 0 Å². The van der Waals surface area contributed by atoms with Gasteiger partial charge in [-0.05, 0) is 38.1 Å². The zero-order chi connectivity index (χ0) is 20.2. The Morgan fingerprint density at radius 2 is 2.24 bits per heavy atom. The van der Waals surface area contributed by atoms with Crippen LogP contribution in [-0.4, -0.2) is 48.5 Å². The van der Waals surface area contributed by atoms with Crippen LogP contribution in [0.4, 0.5) is 4.39 Å². The summed E-state index contributed by atoms with van der Waals surface area (Å²) in [5, 5.41) is 22.7. The van der Waals surface area contributed by atoms with Gasteiger partial charge < -0.3 is 15.4 Å². The number of nitrogens with zero attached hydrogens (tertiary/aromatic N) is 4. The highest BCUT2D eigenvalue weighted by Gasteiger charge is 2.31. The van der Waals surface area contributed by atoms with Gasteiger partial charge in [-0.25, -0.2) is 14.4 Å². The number of nitrogens with one attached hydrogen (secondary N) is 3. The molecule has 1 fully saturated rings. The maximum absolute atomic E-state index is 13.6. The Labute approximate surface area is 166 Å². The molecule has 0 bridgehead atoms. The Balaban J connectivity index is 1.56. The Morgan fingerprint density at radius 3 is 3.03 bits per heavy atom. The van der Waals surface area contributed by atoms with Crippen molar-refractivity contribution in [1.29, 1.82) is 0 Å². The lowest BCUT2D eigenvalue weighted by molar-refractivity contribution is 0.103. The molecular formula is C20H22FN7O. The van der Waals surface area contributed by atoms with Crippen LogP contribution < -0.4 is 10.6 Å². The number of aliphatic hydroxyl groups excluding tert-OH is 1. The quantitative estimate of drug-likeness (QED) is 0.394. The molecule has 9 heteroatoms. The van der Waals surface area contributed by atoms with E-state index in [1.165, 1.54) is 12.1 Å². The lowest BCUT2D eigenvalue weighted by Crippen LogP contribution is -2.46. The first-order chi connectivity index (χ1) is 13.9. The first-order valence-corrected chi connectivity index (χ1v) is 9.57. The van der Waals surface area contributed by atoms with Crippen molar-refractivity contribution in [2.24, 2.45) is 7.05 Å². The van der Waals surface area contributed by atoms with Crippen molar-refractivity contribution in [3.05, 3.63) is 42.0 Å². The number of halogens is 1. The lowest BCUT2D eigenvalue weighted by atomic mass is 10.0. The van der Waals surface area contributed by atoms with Crippen molar-refractivity contribution in [2.75, 3.05) is 13.1 Å². The van der Waals surface area contributed by atoms with Gasteiger partial charge in [0.1, 0.15) is 28.9 Å². The maximum atomic E-state index is 13.6. The molecule has 8 nitrogen and oxygen atoms in total. The third-order valence-electron chi connectivity index (χ3n) is 5.61. The van der Waals surface area contributed by atoms with Crippen LogP contribution in [0.15, 0.2) is 30.6 Å². The third-order valence-corrected chi connectivity index (χ3v) is 5.61. The predicted octanol–water partition coefficient (Wildman–Crippen LogP) is 1.98. The normalized spacial score (nSPS) is 20.7. The van der Waals surface area contributed by atoms with E-state index in [-0.39, 0.29) is 11.4 Å². The van der Waals surface area contributed by atoms with Crippen LogP contribution in [0.3, 0.4) is 0 Å². The Kier molecular flexibility index (Phi) is 4.12. The first kappa shape index (κ1) is 18.2. The van der Waals surface area contributed by atoms with E-state index in [1.54, 1.807) is 30.2 Å². The number of aromatic nitrogens is 5. The van der Waals surface area contributed by atoms with Gasteiger partial charge in [0, 0.05) is 36.3 Å². The van der Waals surface area contributed by atoms with Crippen molar-refractivity contribution in [3.8, 4) is 11.4 Å². The van der Waals surface area contributed by atoms with E-state index >= 15 is 0 Å². The molecule has 2 atom stereocenters. The summed E-state index contributed by atoms with van der Waals surface area (Å²) in [5.41, 5.74) is 3.49. The van der Waals surface area contributed by atoms with Crippen LogP contribution in [0, 0.1) is 5.82 Å². The average molecular weight is 395 g/mol. The molecule has 0 spiro atoms. The van der Waals surface area contributed by atoms with E-state index in [0.29, 0.717) is 33.6 Å². The van der Waals surface area contributed by atoms with Gasteiger partial charge in [-0.2, -0.15) is 5.10 Å². The van der Waals surface area contributed by atoms with Gasteiger partial charge in [0.2, 0.25) is 0 Å². The van der Waals surface area contributed by atoms with Crippen LogP contribution in [0.25, 0.3) is 33.5 Å². The van der Waals surface area contributed by atoms with Crippen LogP contribution in [-0.2, 0) is 7.05 Å². The summed E-state index contributed by atoms with van der Waals surface area (Å²) in [6.07, 6.45) is 3.41. The molecule has 1 aliphatic rings. The summed E-state index contributed by atoms with van der Waals surface area (Å²) < 4.78 is 15.2. The summed E-state index contributed by atoms with van der Waals surface area (Å²) in [4.78, 5) is 12.3. The molecule has 0 radical (unpaired) electrons. The van der Waals surface area contributed by atoms with E-state index in [9.17, 15) is 9.50 Å². The largest absolute Gasteiger partial charge is 0.374 e. The van der Waals surface area contributed by atoms with Crippen molar-refractivity contribution < 1.29 is 9.50 Å². The predicted molar refractivity (Wildman–Crippen MR) is 108 cm³/mol. The van der Waals surface area contributed by atoms with Crippen LogP contribution >= 0.6 is 0 Å². The smallest absolute Gasteiger partial charge is 0.156 e. The summed E-state index contributed by atoms with van der Waals surface area (Å²) in [5.74, 6) is -0.314. The molecule has 0 amide bonds. The maximum Gasteiger partial charge on any atom is 0.156 e. The van der Waals surface area contributed by atoms with Crippen LogP contribution in [0.1, 0.15) is 25.1 Å². The van der Waals surface area contributed by atoms with E-state index in [2.05, 4.69) is 32.6 Å². The van der Waals surface area contributed by atoms with E-state index in [1.807, 2.05) is 0 Å². The van der Waals surface area contributed by atoms with Gasteiger partial charge in [0.25, 0.3) is 0 Å². The number of hydrogen-bond acceptors (Lipinski definition) is 6. The van der Waals surface area contributed by atoms with E-state index in [4.69, 9.17) is 4.98 Å². The second kappa shape index (κ2) is 6.58. The number of rotatable bonds is 4. The van der Waals surface area contributed by atoms with Gasteiger partial charge in [-0.3, -0.25) is 10.00 Å². The third kappa shape index (κ3) is 3.07. The Hall–Kier alpha value is -2.88. The molecule has 1 aromatic carbocycles. The van der Waals surface area contributed by atoms with Crippen molar-refractivity contribution >= 4 is 22.1 Å². The molecule has 3 aromatic heterocycles. The summed E-state index contributed by atoms with van der Waals surface area (Å²) in [6, 6.07) is 4.55. The van der Waals surface area contributed by atoms with Crippen molar-refractivity contribution in [1.82, 2.24) is 35.4 Å². The van der Waals surface area contributed by atoms with E-state index < -0.39 is 6.23 Å².